The molecule has 662 valence electrons. The number of aliphatic hydroxyl groups excluding tert-OH is 1. The SMILES string of the molecule is C=C1COCc2c1c(=O)c(O)c1n2CCN(Cc2ccc(F)c(Cl)c2)C1=O.C=C1COCc2c1c(=O)c(OCc1ccccc1)c1n2CCN(Cc2ccc(F)c(Cl)c2)C1=O.C=CCOCc1c(Br)c(=O)c(OCc2ccccc2)c2n1CCN(Cc1ccc(F)c(Cl)c1)C2=O.O=C1c2c(OCc3ccccc3)c(=O)c(Br)c(CO)n2CCN1Cc1ccc(F)c(Cl)c1. The quantitative estimate of drug-likeness (QED) is 0.0363. The van der Waals surface area contributed by atoms with Gasteiger partial charge in [-0.05, 0) is 130 Å². The molecule has 11 aromatic rings. The maximum Gasteiger partial charge on any atom is 0.274 e. The Labute approximate surface area is 767 Å². The first-order valence-electron chi connectivity index (χ1n) is 40.1. The molecule has 0 saturated carbocycles. The van der Waals surface area contributed by atoms with Crippen LogP contribution in [-0.4, -0.2) is 118 Å². The van der Waals surface area contributed by atoms with E-state index in [1.165, 1.54) is 53.4 Å². The van der Waals surface area contributed by atoms with Crippen molar-refractivity contribution < 1.29 is 75.4 Å². The number of carbonyl (C=O) groups is 4. The van der Waals surface area contributed by atoms with Crippen LogP contribution in [-0.2, 0) is 113 Å². The zero-order chi connectivity index (χ0) is 90.9. The summed E-state index contributed by atoms with van der Waals surface area (Å²) >= 11 is 30.2. The molecule has 0 atom stereocenters. The van der Waals surface area contributed by atoms with E-state index in [1.54, 1.807) is 58.7 Å². The Morgan fingerprint density at radius 3 is 1.05 bits per heavy atom. The normalized spacial score (nSPS) is 14.3. The van der Waals surface area contributed by atoms with Gasteiger partial charge in [0.1, 0.15) is 43.1 Å². The fourth-order valence-electron chi connectivity index (χ4n) is 15.5. The van der Waals surface area contributed by atoms with Crippen LogP contribution in [0.4, 0.5) is 17.6 Å². The lowest BCUT2D eigenvalue weighted by Crippen LogP contribution is -2.44. The third kappa shape index (κ3) is 20.1. The second-order valence-electron chi connectivity index (χ2n) is 30.2. The summed E-state index contributed by atoms with van der Waals surface area (Å²) in [5, 5.41) is 20.2. The zero-order valence-electron chi connectivity index (χ0n) is 68.3. The van der Waals surface area contributed by atoms with E-state index in [-0.39, 0.29) is 161 Å². The van der Waals surface area contributed by atoms with Crippen molar-refractivity contribution >= 4 is 113 Å². The van der Waals surface area contributed by atoms with Crippen molar-refractivity contribution in [1.82, 2.24) is 37.9 Å². The molecule has 4 aromatic heterocycles. The Hall–Kier alpha value is -11.7. The lowest BCUT2D eigenvalue weighted by molar-refractivity contribution is 0.0660. The second kappa shape index (κ2) is 41.2. The Kier molecular flexibility index (Phi) is 29.8. The summed E-state index contributed by atoms with van der Waals surface area (Å²) in [6.45, 7) is 16.6. The summed E-state index contributed by atoms with van der Waals surface area (Å²) in [6.07, 6.45) is 1.61. The summed E-state index contributed by atoms with van der Waals surface area (Å²) in [5.74, 6) is -4.39. The summed E-state index contributed by atoms with van der Waals surface area (Å²) in [5.41, 5.74) is 7.66. The molecule has 0 bridgehead atoms. The number of fused-ring (bicyclic) bond motifs is 8. The second-order valence-corrected chi connectivity index (χ2v) is 33.4. The van der Waals surface area contributed by atoms with E-state index < -0.39 is 63.7 Å². The predicted molar refractivity (Wildman–Crippen MR) is 480 cm³/mol. The highest BCUT2D eigenvalue weighted by molar-refractivity contribution is 9.10. The van der Waals surface area contributed by atoms with E-state index in [4.69, 9.17) is 74.8 Å². The highest BCUT2D eigenvalue weighted by Gasteiger charge is 2.40. The molecular weight excluding hydrogens is 1870 g/mol. The molecule has 0 unspecified atom stereocenters. The van der Waals surface area contributed by atoms with E-state index in [2.05, 4.69) is 51.6 Å². The molecule has 128 heavy (non-hydrogen) atoms. The van der Waals surface area contributed by atoms with Crippen LogP contribution in [0.25, 0.3) is 11.1 Å². The van der Waals surface area contributed by atoms with Gasteiger partial charge in [-0.25, -0.2) is 17.6 Å². The number of hydrogen-bond acceptors (Lipinski definition) is 16. The van der Waals surface area contributed by atoms with Crippen LogP contribution in [0.1, 0.15) is 115 Å². The van der Waals surface area contributed by atoms with Gasteiger partial charge in [-0.3, -0.25) is 38.4 Å². The Bertz CT molecular complexity index is 6490. The van der Waals surface area contributed by atoms with Crippen molar-refractivity contribution in [3.05, 3.63) is 378 Å². The standard InChI is InChI=1S/C26H23BrClFN2O4.C26H22ClFN2O4.C23H19BrClFN2O4.C19H16ClFN2O4/c1-2-12-34-16-21-22(27)24(32)25(35-15-17-6-4-3-5-7-17)23-26(33)30(10-11-31(21)23)14-18-8-9-20(29)19(28)13-18;1-16-13-33-15-21-22(16)24(31)25(34-14-17-5-3-2-4-6-17)23-26(32)29(9-10-30(21)23)12-18-7-8-20(28)19(27)11-18;24-19-18(12-29)28-9-8-27(11-15-6-7-17(26)16(25)10-15)23(31)20(28)22(21(19)30)32-13-14-4-2-1-3-5-14;1-10-8-27-9-14-15(10)17(24)18(25)16-19(26)22(4-5-23(14)16)7-11-2-3-13(21)12(20)6-11/h2-9,13H,1,10-12,14-16H2;2-8,11H,1,9-10,12-15H2;1-7,10,29H,8-9,11-13H2;2-3,6,25H,1,4-5,7-9H2. The zero-order valence-corrected chi connectivity index (χ0v) is 74.5. The number of rotatable bonds is 22. The Balaban J connectivity index is 0.000000139. The molecular formula is C94H80Br2Cl4F4N8O16. The number of ether oxygens (including phenoxy) is 6. The lowest BCUT2D eigenvalue weighted by Gasteiger charge is -2.34. The first-order chi connectivity index (χ1) is 61.6. The van der Waals surface area contributed by atoms with Crippen molar-refractivity contribution in [2.24, 2.45) is 0 Å². The van der Waals surface area contributed by atoms with Gasteiger partial charge < -0.3 is 76.5 Å². The minimum atomic E-state index is -0.607. The molecule has 0 fully saturated rings. The van der Waals surface area contributed by atoms with Crippen LogP contribution in [0.5, 0.6) is 23.0 Å². The van der Waals surface area contributed by atoms with E-state index in [9.17, 15) is 66.1 Å². The Morgan fingerprint density at radius 2 is 0.703 bits per heavy atom. The Morgan fingerprint density at radius 1 is 0.391 bits per heavy atom. The minimum Gasteiger partial charge on any atom is -0.503 e. The van der Waals surface area contributed by atoms with E-state index in [0.29, 0.717) is 131 Å². The number of aromatic nitrogens is 4. The third-order valence-corrected chi connectivity index (χ3v) is 24.6. The molecule has 2 N–H and O–H groups in total. The van der Waals surface area contributed by atoms with E-state index >= 15 is 0 Å². The molecule has 24 nitrogen and oxygen atoms in total. The van der Waals surface area contributed by atoms with E-state index in [1.807, 2.05) is 95.6 Å². The van der Waals surface area contributed by atoms with E-state index in [0.717, 1.165) is 16.7 Å². The molecule has 4 amide bonds. The van der Waals surface area contributed by atoms with Crippen LogP contribution in [0.2, 0.25) is 20.1 Å². The molecule has 6 aliphatic heterocycles. The summed E-state index contributed by atoms with van der Waals surface area (Å²) < 4.78 is 95.7. The maximum absolute atomic E-state index is 13.7. The van der Waals surface area contributed by atoms with Crippen LogP contribution in [0, 0.1) is 23.3 Å². The predicted octanol–water partition coefficient (Wildman–Crippen LogP) is 16.4. The van der Waals surface area contributed by atoms with Gasteiger partial charge in [0.2, 0.25) is 21.7 Å². The van der Waals surface area contributed by atoms with Gasteiger partial charge in [0, 0.05) is 78.5 Å². The number of amides is 4. The van der Waals surface area contributed by atoms with Gasteiger partial charge in [0.05, 0.1) is 109 Å². The monoisotopic (exact) mass is 1950 g/mol. The molecule has 7 aromatic carbocycles. The van der Waals surface area contributed by atoms with Gasteiger partial charge in [-0.1, -0.05) is 181 Å². The smallest absolute Gasteiger partial charge is 0.274 e. The largest absolute Gasteiger partial charge is 0.503 e. The molecule has 0 radical (unpaired) electrons. The molecule has 10 heterocycles. The van der Waals surface area contributed by atoms with Gasteiger partial charge in [-0.2, -0.15) is 0 Å². The number of nitrogens with zero attached hydrogens (tertiary/aromatic N) is 8. The number of pyridine rings is 4. The minimum absolute atomic E-state index is 0.00445. The van der Waals surface area contributed by atoms with Crippen LogP contribution in [0.15, 0.2) is 218 Å². The molecule has 17 rings (SSSR count). The first-order valence-corrected chi connectivity index (χ1v) is 43.2. The van der Waals surface area contributed by atoms with Crippen molar-refractivity contribution in [2.45, 2.75) is 98.6 Å². The topological polar surface area (TPSA) is 265 Å². The molecule has 34 heteroatoms. The number of aliphatic hydroxyl groups is 1. The highest BCUT2D eigenvalue weighted by Crippen LogP contribution is 2.37. The fraction of sp³-hybridized carbons (Fsp3) is 0.234. The van der Waals surface area contributed by atoms with Crippen LogP contribution >= 0.6 is 78.3 Å². The average Bonchev–Trinajstić information content (AvgIpc) is 0.754. The number of aromatic hydroxyl groups is 1. The number of hydrogen-bond donors (Lipinski definition) is 2. The van der Waals surface area contributed by atoms with Crippen molar-refractivity contribution in [2.75, 3.05) is 46.0 Å². The molecule has 6 aliphatic rings. The van der Waals surface area contributed by atoms with Gasteiger partial charge >= 0.3 is 0 Å². The summed E-state index contributed by atoms with van der Waals surface area (Å²) in [4.78, 5) is 112. The molecule has 0 saturated heterocycles. The van der Waals surface area contributed by atoms with Crippen molar-refractivity contribution in [3.63, 3.8) is 0 Å². The van der Waals surface area contributed by atoms with Crippen molar-refractivity contribution in [3.8, 4) is 23.0 Å². The molecule has 0 spiro atoms. The van der Waals surface area contributed by atoms with Crippen LogP contribution in [0.3, 0.4) is 0 Å². The third-order valence-electron chi connectivity index (χ3n) is 21.8. The fourth-order valence-corrected chi connectivity index (χ4v) is 17.4. The molecule has 0 aliphatic carbocycles. The lowest BCUT2D eigenvalue weighted by atomic mass is 10.00. The van der Waals surface area contributed by atoms with Gasteiger partial charge in [-0.15, -0.1) is 6.58 Å². The average molecular weight is 1960 g/mol. The first kappa shape index (κ1) is 92.5. The van der Waals surface area contributed by atoms with Crippen molar-refractivity contribution in [1.29, 1.82) is 0 Å². The number of benzene rings is 7. The number of carbonyl (C=O) groups excluding carboxylic acids is 4. The maximum atomic E-state index is 13.7. The van der Waals surface area contributed by atoms with Gasteiger partial charge in [0.15, 0.2) is 45.8 Å². The summed E-state index contributed by atoms with van der Waals surface area (Å²) in [7, 11) is 0. The number of halogens is 10. The highest BCUT2D eigenvalue weighted by atomic mass is 79.9. The van der Waals surface area contributed by atoms with Crippen LogP contribution < -0.4 is 35.9 Å². The summed E-state index contributed by atoms with van der Waals surface area (Å²) in [6, 6.07) is 45.3. The van der Waals surface area contributed by atoms with Gasteiger partial charge in [0.25, 0.3) is 23.6 Å².